The lowest BCUT2D eigenvalue weighted by Gasteiger charge is -2.06. The molecule has 0 radical (unpaired) electrons. The van der Waals surface area contributed by atoms with Crippen LogP contribution in [-0.4, -0.2) is 16.0 Å². The van der Waals surface area contributed by atoms with Gasteiger partial charge in [-0.3, -0.25) is 9.63 Å². The SMILES string of the molecule is Cc1noc(-c2ccc(C(=O)NOCc3ccccc3)cc2)n1. The van der Waals surface area contributed by atoms with Crippen molar-refractivity contribution >= 4 is 5.91 Å². The molecule has 1 aromatic heterocycles. The smallest absolute Gasteiger partial charge is 0.274 e. The number of amides is 1. The molecule has 1 N–H and O–H groups in total. The van der Waals surface area contributed by atoms with Gasteiger partial charge in [0.1, 0.15) is 0 Å². The van der Waals surface area contributed by atoms with Gasteiger partial charge in [0.15, 0.2) is 5.82 Å². The Bertz CT molecular complexity index is 782. The summed E-state index contributed by atoms with van der Waals surface area (Å²) < 4.78 is 5.08. The Kier molecular flexibility index (Phi) is 4.44. The Labute approximate surface area is 133 Å². The summed E-state index contributed by atoms with van der Waals surface area (Å²) in [6.07, 6.45) is 0. The molecule has 0 saturated heterocycles. The highest BCUT2D eigenvalue weighted by molar-refractivity contribution is 5.93. The first-order valence-electron chi connectivity index (χ1n) is 7.09. The third kappa shape index (κ3) is 3.81. The van der Waals surface area contributed by atoms with Crippen molar-refractivity contribution in [3.05, 3.63) is 71.5 Å². The number of carbonyl (C=O) groups excluding carboxylic acids is 1. The Hall–Kier alpha value is -2.99. The second kappa shape index (κ2) is 6.85. The summed E-state index contributed by atoms with van der Waals surface area (Å²) in [4.78, 5) is 21.3. The lowest BCUT2D eigenvalue weighted by molar-refractivity contribution is 0.0233. The summed E-state index contributed by atoms with van der Waals surface area (Å²) in [6, 6.07) is 16.5. The summed E-state index contributed by atoms with van der Waals surface area (Å²) in [5, 5.41) is 3.73. The van der Waals surface area contributed by atoms with Gasteiger partial charge >= 0.3 is 0 Å². The zero-order valence-electron chi connectivity index (χ0n) is 12.5. The molecule has 0 aliphatic rings. The van der Waals surface area contributed by atoms with Crippen LogP contribution in [0.25, 0.3) is 11.5 Å². The number of aryl methyl sites for hydroxylation is 1. The van der Waals surface area contributed by atoms with E-state index in [2.05, 4.69) is 15.6 Å². The van der Waals surface area contributed by atoms with Gasteiger partial charge in [-0.1, -0.05) is 35.5 Å². The zero-order valence-corrected chi connectivity index (χ0v) is 12.5. The minimum Gasteiger partial charge on any atom is -0.334 e. The maximum absolute atomic E-state index is 12.0. The van der Waals surface area contributed by atoms with Crippen LogP contribution in [0.5, 0.6) is 0 Å². The van der Waals surface area contributed by atoms with Gasteiger partial charge in [-0.25, -0.2) is 5.48 Å². The molecule has 2 aromatic carbocycles. The van der Waals surface area contributed by atoms with Gasteiger partial charge in [0, 0.05) is 11.1 Å². The van der Waals surface area contributed by atoms with Crippen LogP contribution in [-0.2, 0) is 11.4 Å². The molecular weight excluding hydrogens is 294 g/mol. The lowest BCUT2D eigenvalue weighted by Crippen LogP contribution is -2.23. The fraction of sp³-hybridized carbons (Fsp3) is 0.118. The Morgan fingerprint density at radius 3 is 2.52 bits per heavy atom. The van der Waals surface area contributed by atoms with Crippen LogP contribution < -0.4 is 5.48 Å². The minimum absolute atomic E-state index is 0.311. The van der Waals surface area contributed by atoms with Crippen LogP contribution in [0, 0.1) is 6.92 Å². The largest absolute Gasteiger partial charge is 0.334 e. The van der Waals surface area contributed by atoms with E-state index in [1.54, 1.807) is 31.2 Å². The van der Waals surface area contributed by atoms with E-state index < -0.39 is 0 Å². The van der Waals surface area contributed by atoms with Crippen molar-refractivity contribution in [1.29, 1.82) is 0 Å². The Balaban J connectivity index is 1.57. The van der Waals surface area contributed by atoms with E-state index >= 15 is 0 Å². The van der Waals surface area contributed by atoms with E-state index in [0.29, 0.717) is 23.9 Å². The highest BCUT2D eigenvalue weighted by Crippen LogP contribution is 2.17. The van der Waals surface area contributed by atoms with Crippen molar-refractivity contribution in [3.8, 4) is 11.5 Å². The molecule has 1 heterocycles. The highest BCUT2D eigenvalue weighted by atomic mass is 16.6. The molecule has 0 spiro atoms. The number of aromatic nitrogens is 2. The molecule has 0 unspecified atom stereocenters. The van der Waals surface area contributed by atoms with Crippen molar-refractivity contribution in [3.63, 3.8) is 0 Å². The minimum atomic E-state index is -0.311. The fourth-order valence-electron chi connectivity index (χ4n) is 2.00. The summed E-state index contributed by atoms with van der Waals surface area (Å²) in [5.41, 5.74) is 4.64. The Morgan fingerprint density at radius 1 is 1.13 bits per heavy atom. The maximum Gasteiger partial charge on any atom is 0.274 e. The van der Waals surface area contributed by atoms with E-state index in [0.717, 1.165) is 11.1 Å². The molecule has 3 aromatic rings. The van der Waals surface area contributed by atoms with E-state index in [9.17, 15) is 4.79 Å². The quantitative estimate of drug-likeness (QED) is 0.733. The predicted molar refractivity (Wildman–Crippen MR) is 83.2 cm³/mol. The number of hydrogen-bond donors (Lipinski definition) is 1. The monoisotopic (exact) mass is 309 g/mol. The van der Waals surface area contributed by atoms with Crippen LogP contribution in [0.1, 0.15) is 21.7 Å². The standard InChI is InChI=1S/C17H15N3O3/c1-12-18-17(23-19-12)15-9-7-14(8-10-15)16(21)20-22-11-13-5-3-2-4-6-13/h2-10H,11H2,1H3,(H,20,21). The van der Waals surface area contributed by atoms with Gasteiger partial charge < -0.3 is 4.52 Å². The summed E-state index contributed by atoms with van der Waals surface area (Å²) >= 11 is 0. The number of carbonyl (C=O) groups is 1. The molecule has 1 amide bonds. The lowest BCUT2D eigenvalue weighted by atomic mass is 10.1. The third-order valence-corrected chi connectivity index (χ3v) is 3.17. The second-order valence-corrected chi connectivity index (χ2v) is 4.93. The molecule has 6 heteroatoms. The first kappa shape index (κ1) is 14.9. The molecular formula is C17H15N3O3. The topological polar surface area (TPSA) is 77.2 Å². The number of hydrogen-bond acceptors (Lipinski definition) is 5. The van der Waals surface area contributed by atoms with E-state index in [1.165, 1.54) is 0 Å². The van der Waals surface area contributed by atoms with Gasteiger partial charge in [0.25, 0.3) is 11.8 Å². The highest BCUT2D eigenvalue weighted by Gasteiger charge is 2.09. The molecule has 6 nitrogen and oxygen atoms in total. The van der Waals surface area contributed by atoms with Gasteiger partial charge in [-0.15, -0.1) is 0 Å². The van der Waals surface area contributed by atoms with E-state index in [4.69, 9.17) is 9.36 Å². The van der Waals surface area contributed by atoms with E-state index in [1.807, 2.05) is 30.3 Å². The van der Waals surface area contributed by atoms with Crippen LogP contribution in [0.15, 0.2) is 59.1 Å². The maximum atomic E-state index is 12.0. The van der Waals surface area contributed by atoms with Crippen molar-refractivity contribution in [2.24, 2.45) is 0 Å². The van der Waals surface area contributed by atoms with Crippen LogP contribution in [0.4, 0.5) is 0 Å². The predicted octanol–water partition coefficient (Wildman–Crippen LogP) is 2.91. The van der Waals surface area contributed by atoms with Crippen molar-refractivity contribution in [1.82, 2.24) is 15.6 Å². The van der Waals surface area contributed by atoms with Gasteiger partial charge in [0.05, 0.1) is 6.61 Å². The molecule has 0 aliphatic carbocycles. The molecule has 0 aliphatic heterocycles. The van der Waals surface area contributed by atoms with Crippen molar-refractivity contribution in [2.75, 3.05) is 0 Å². The number of rotatable bonds is 5. The first-order chi connectivity index (χ1) is 11.2. The molecule has 0 fully saturated rings. The summed E-state index contributed by atoms with van der Waals surface area (Å²) in [5.74, 6) is 0.681. The average molecular weight is 309 g/mol. The van der Waals surface area contributed by atoms with Crippen molar-refractivity contribution in [2.45, 2.75) is 13.5 Å². The first-order valence-corrected chi connectivity index (χ1v) is 7.09. The Morgan fingerprint density at radius 2 is 1.87 bits per heavy atom. The average Bonchev–Trinajstić information content (AvgIpc) is 3.02. The number of benzene rings is 2. The van der Waals surface area contributed by atoms with Gasteiger partial charge in [0.2, 0.25) is 0 Å². The van der Waals surface area contributed by atoms with Crippen molar-refractivity contribution < 1.29 is 14.2 Å². The number of nitrogens with one attached hydrogen (secondary N) is 1. The zero-order chi connectivity index (χ0) is 16.1. The third-order valence-electron chi connectivity index (χ3n) is 3.17. The molecule has 3 rings (SSSR count). The fourth-order valence-corrected chi connectivity index (χ4v) is 2.00. The molecule has 116 valence electrons. The number of hydroxylamine groups is 1. The van der Waals surface area contributed by atoms with Gasteiger partial charge in [-0.2, -0.15) is 4.98 Å². The van der Waals surface area contributed by atoms with Crippen LogP contribution >= 0.6 is 0 Å². The summed E-state index contributed by atoms with van der Waals surface area (Å²) in [6.45, 7) is 2.06. The number of nitrogens with zero attached hydrogens (tertiary/aromatic N) is 2. The summed E-state index contributed by atoms with van der Waals surface area (Å²) in [7, 11) is 0. The van der Waals surface area contributed by atoms with Crippen LogP contribution in [0.2, 0.25) is 0 Å². The molecule has 0 bridgehead atoms. The van der Waals surface area contributed by atoms with Gasteiger partial charge in [-0.05, 0) is 36.8 Å². The molecule has 23 heavy (non-hydrogen) atoms. The molecule has 0 saturated carbocycles. The van der Waals surface area contributed by atoms with Crippen LogP contribution in [0.3, 0.4) is 0 Å². The molecule has 0 atom stereocenters. The normalized spacial score (nSPS) is 10.5. The van der Waals surface area contributed by atoms with E-state index in [-0.39, 0.29) is 5.91 Å². The second-order valence-electron chi connectivity index (χ2n) is 4.93.